The topological polar surface area (TPSA) is 49.3 Å². The molecule has 1 aromatic rings. The van der Waals surface area contributed by atoms with Crippen LogP contribution in [0, 0.1) is 19.8 Å². The molecule has 1 aromatic heterocycles. The van der Waals surface area contributed by atoms with E-state index in [-0.39, 0.29) is 0 Å². The van der Waals surface area contributed by atoms with Gasteiger partial charge in [-0.15, -0.1) is 11.3 Å². The lowest BCUT2D eigenvalue weighted by Gasteiger charge is -2.10. The zero-order chi connectivity index (χ0) is 13.7. The number of thiazole rings is 1. The van der Waals surface area contributed by atoms with E-state index in [9.17, 15) is 0 Å². The molecule has 1 saturated carbocycles. The van der Waals surface area contributed by atoms with Crippen LogP contribution in [0.25, 0.3) is 0 Å². The van der Waals surface area contributed by atoms with Crippen molar-refractivity contribution in [3.8, 4) is 0 Å². The van der Waals surface area contributed by atoms with E-state index in [1.807, 2.05) is 0 Å². The van der Waals surface area contributed by atoms with E-state index in [0.29, 0.717) is 0 Å². The monoisotopic (exact) mass is 280 g/mol. The lowest BCUT2D eigenvalue weighted by Crippen LogP contribution is -2.38. The van der Waals surface area contributed by atoms with E-state index in [2.05, 4.69) is 41.4 Å². The quantitative estimate of drug-likeness (QED) is 0.621. The van der Waals surface area contributed by atoms with Gasteiger partial charge >= 0.3 is 0 Å². The molecule has 2 N–H and O–H groups in total. The molecule has 0 aromatic carbocycles. The number of hydrogen-bond donors (Lipinski definition) is 2. The summed E-state index contributed by atoms with van der Waals surface area (Å²) in [5.74, 6) is 1.78. The molecule has 0 aliphatic heterocycles. The molecule has 0 radical (unpaired) electrons. The minimum Gasteiger partial charge on any atom is -0.357 e. The summed E-state index contributed by atoms with van der Waals surface area (Å²) in [5.41, 5.74) is 1.16. The second kappa shape index (κ2) is 6.89. The highest BCUT2D eigenvalue weighted by Crippen LogP contribution is 2.28. The van der Waals surface area contributed by atoms with Gasteiger partial charge in [0.2, 0.25) is 0 Å². The Bertz CT molecular complexity index is 415. The maximum Gasteiger partial charge on any atom is 0.191 e. The molecular weight excluding hydrogens is 256 g/mol. The summed E-state index contributed by atoms with van der Waals surface area (Å²) in [7, 11) is 0. The van der Waals surface area contributed by atoms with E-state index in [4.69, 9.17) is 0 Å². The van der Waals surface area contributed by atoms with Crippen molar-refractivity contribution in [2.45, 2.75) is 40.0 Å². The summed E-state index contributed by atoms with van der Waals surface area (Å²) in [5, 5.41) is 7.89. The number of nitrogens with one attached hydrogen (secondary N) is 2. The number of nitrogens with zero attached hydrogens (tertiary/aromatic N) is 2. The van der Waals surface area contributed by atoms with Gasteiger partial charge in [-0.3, -0.25) is 4.99 Å². The first-order chi connectivity index (χ1) is 9.19. The van der Waals surface area contributed by atoms with Crippen LogP contribution in [0.3, 0.4) is 0 Å². The van der Waals surface area contributed by atoms with Crippen LogP contribution >= 0.6 is 11.3 Å². The van der Waals surface area contributed by atoms with Gasteiger partial charge in [0.1, 0.15) is 0 Å². The average Bonchev–Trinajstić information content (AvgIpc) is 3.14. The van der Waals surface area contributed by atoms with Crippen molar-refractivity contribution in [1.29, 1.82) is 0 Å². The van der Waals surface area contributed by atoms with E-state index in [1.54, 1.807) is 11.3 Å². The van der Waals surface area contributed by atoms with Gasteiger partial charge in [0.05, 0.1) is 10.7 Å². The summed E-state index contributed by atoms with van der Waals surface area (Å²) < 4.78 is 0. The van der Waals surface area contributed by atoms with Gasteiger partial charge in [-0.25, -0.2) is 4.98 Å². The highest BCUT2D eigenvalue weighted by Gasteiger charge is 2.20. The van der Waals surface area contributed by atoms with Gasteiger partial charge in [-0.2, -0.15) is 0 Å². The molecule has 1 aliphatic rings. The molecule has 0 unspecified atom stereocenters. The summed E-state index contributed by atoms with van der Waals surface area (Å²) in [6.07, 6.45) is 3.66. The van der Waals surface area contributed by atoms with Crippen LogP contribution in [0.15, 0.2) is 4.99 Å². The molecule has 0 amide bonds. The summed E-state index contributed by atoms with van der Waals surface area (Å²) in [6.45, 7) is 9.07. The summed E-state index contributed by atoms with van der Waals surface area (Å²) in [4.78, 5) is 10.5. The molecule has 19 heavy (non-hydrogen) atoms. The number of aromatic nitrogens is 1. The Morgan fingerprint density at radius 2 is 2.16 bits per heavy atom. The fraction of sp³-hybridized carbons (Fsp3) is 0.714. The van der Waals surface area contributed by atoms with Gasteiger partial charge < -0.3 is 10.6 Å². The molecule has 5 heteroatoms. The van der Waals surface area contributed by atoms with Crippen molar-refractivity contribution in [1.82, 2.24) is 15.6 Å². The lowest BCUT2D eigenvalue weighted by molar-refractivity contribution is 0.774. The minimum atomic E-state index is 0.833. The fourth-order valence-corrected chi connectivity index (χ4v) is 2.73. The van der Waals surface area contributed by atoms with Crippen LogP contribution in [0.2, 0.25) is 0 Å². The Labute approximate surface area is 119 Å². The number of aryl methyl sites for hydroxylation is 2. The number of hydrogen-bond acceptors (Lipinski definition) is 3. The molecule has 0 atom stereocenters. The first-order valence-corrected chi connectivity index (χ1v) is 7.95. The molecule has 2 rings (SSSR count). The van der Waals surface area contributed by atoms with Gasteiger partial charge in [-0.1, -0.05) is 0 Å². The van der Waals surface area contributed by atoms with E-state index < -0.39 is 0 Å². The SMILES string of the molecule is CCNC(=NCC1CC1)NCCc1nc(C)c(C)s1. The third-order valence-electron chi connectivity index (χ3n) is 3.25. The van der Waals surface area contributed by atoms with Crippen molar-refractivity contribution < 1.29 is 0 Å². The summed E-state index contributed by atoms with van der Waals surface area (Å²) >= 11 is 1.80. The first-order valence-electron chi connectivity index (χ1n) is 7.14. The van der Waals surface area contributed by atoms with Crippen LogP contribution in [0.5, 0.6) is 0 Å². The van der Waals surface area contributed by atoms with Gasteiger partial charge in [-0.05, 0) is 39.5 Å². The predicted molar refractivity (Wildman–Crippen MR) is 82.0 cm³/mol. The van der Waals surface area contributed by atoms with Crippen LogP contribution in [0.1, 0.15) is 35.3 Å². The van der Waals surface area contributed by atoms with Crippen LogP contribution in [-0.2, 0) is 6.42 Å². The van der Waals surface area contributed by atoms with Crippen LogP contribution in [-0.4, -0.2) is 30.6 Å². The molecule has 0 saturated heterocycles. The summed E-state index contributed by atoms with van der Waals surface area (Å²) in [6, 6.07) is 0. The van der Waals surface area contributed by atoms with Gasteiger partial charge in [0, 0.05) is 30.9 Å². The Balaban J connectivity index is 1.76. The molecule has 1 heterocycles. The van der Waals surface area contributed by atoms with E-state index in [1.165, 1.54) is 22.7 Å². The van der Waals surface area contributed by atoms with Crippen molar-refractivity contribution >= 4 is 17.3 Å². The predicted octanol–water partition coefficient (Wildman–Crippen LogP) is 2.27. The first kappa shape index (κ1) is 14.3. The van der Waals surface area contributed by atoms with Crippen molar-refractivity contribution in [2.24, 2.45) is 10.9 Å². The molecule has 0 bridgehead atoms. The average molecular weight is 280 g/mol. The smallest absolute Gasteiger partial charge is 0.191 e. The molecule has 4 nitrogen and oxygen atoms in total. The highest BCUT2D eigenvalue weighted by molar-refractivity contribution is 7.11. The Hall–Kier alpha value is -1.10. The Kier molecular flexibility index (Phi) is 5.19. The molecule has 0 spiro atoms. The minimum absolute atomic E-state index is 0.833. The standard InChI is InChI=1S/C14H24N4S/c1-4-15-14(17-9-12-5-6-12)16-8-7-13-18-10(2)11(3)19-13/h12H,4-9H2,1-3H3,(H2,15,16,17). The second-order valence-electron chi connectivity index (χ2n) is 5.09. The van der Waals surface area contributed by atoms with E-state index in [0.717, 1.165) is 43.6 Å². The van der Waals surface area contributed by atoms with Crippen LogP contribution in [0.4, 0.5) is 0 Å². The van der Waals surface area contributed by atoms with Crippen molar-refractivity contribution in [2.75, 3.05) is 19.6 Å². The van der Waals surface area contributed by atoms with Gasteiger partial charge in [0.25, 0.3) is 0 Å². The number of guanidine groups is 1. The van der Waals surface area contributed by atoms with Crippen molar-refractivity contribution in [3.05, 3.63) is 15.6 Å². The van der Waals surface area contributed by atoms with Crippen molar-refractivity contribution in [3.63, 3.8) is 0 Å². The third kappa shape index (κ3) is 4.82. The second-order valence-corrected chi connectivity index (χ2v) is 6.38. The van der Waals surface area contributed by atoms with Gasteiger partial charge in [0.15, 0.2) is 5.96 Å². The number of aliphatic imine (C=N–C) groups is 1. The molecule has 1 aliphatic carbocycles. The van der Waals surface area contributed by atoms with E-state index >= 15 is 0 Å². The largest absolute Gasteiger partial charge is 0.357 e. The number of rotatable bonds is 6. The maximum absolute atomic E-state index is 4.61. The third-order valence-corrected chi connectivity index (χ3v) is 4.39. The Morgan fingerprint density at radius 3 is 2.74 bits per heavy atom. The Morgan fingerprint density at radius 1 is 1.37 bits per heavy atom. The zero-order valence-electron chi connectivity index (χ0n) is 12.1. The highest BCUT2D eigenvalue weighted by atomic mass is 32.1. The van der Waals surface area contributed by atoms with Crippen LogP contribution < -0.4 is 10.6 Å². The zero-order valence-corrected chi connectivity index (χ0v) is 12.9. The maximum atomic E-state index is 4.61. The lowest BCUT2D eigenvalue weighted by atomic mass is 10.4. The molecule has 1 fully saturated rings. The molecule has 106 valence electrons. The molecular formula is C14H24N4S. The normalized spacial score (nSPS) is 15.6. The fourth-order valence-electron chi connectivity index (χ4n) is 1.80.